The Balaban J connectivity index is 1.83. The quantitative estimate of drug-likeness (QED) is 0.411. The molecule has 0 radical (unpaired) electrons. The van der Waals surface area contributed by atoms with E-state index in [0.717, 1.165) is 11.5 Å². The predicted octanol–water partition coefficient (Wildman–Crippen LogP) is 6.50. The van der Waals surface area contributed by atoms with Gasteiger partial charge in [-0.1, -0.05) is 87.5 Å². The first-order chi connectivity index (χ1) is 13.0. The van der Waals surface area contributed by atoms with Crippen molar-refractivity contribution in [3.8, 4) is 28.2 Å². The molecule has 0 N–H and O–H groups in total. The van der Waals surface area contributed by atoms with E-state index in [1.165, 1.54) is 22.3 Å². The minimum atomic E-state index is 0.0548. The fourth-order valence-corrected chi connectivity index (χ4v) is 3.51. The van der Waals surface area contributed by atoms with Crippen LogP contribution in [0.3, 0.4) is 0 Å². The minimum Gasteiger partial charge on any atom is -0.300 e. The highest BCUT2D eigenvalue weighted by molar-refractivity contribution is 5.69. The average Bonchev–Trinajstić information content (AvgIpc) is 3.18. The Bertz CT molecular complexity index is 1050. The summed E-state index contributed by atoms with van der Waals surface area (Å²) in [6.45, 7) is 6.74. The van der Waals surface area contributed by atoms with E-state index in [1.54, 1.807) is 0 Å². The van der Waals surface area contributed by atoms with Gasteiger partial charge < -0.3 is 0 Å². The first-order valence-electron chi connectivity index (χ1n) is 9.33. The Morgan fingerprint density at radius 1 is 0.741 bits per heavy atom. The van der Waals surface area contributed by atoms with E-state index in [-0.39, 0.29) is 5.41 Å². The Morgan fingerprint density at radius 3 is 2.22 bits per heavy atom. The van der Waals surface area contributed by atoms with E-state index < -0.39 is 0 Å². The van der Waals surface area contributed by atoms with Crippen molar-refractivity contribution in [3.05, 3.63) is 96.8 Å². The van der Waals surface area contributed by atoms with Crippen molar-refractivity contribution in [3.63, 3.8) is 0 Å². The molecule has 0 aliphatic rings. The Hall–Kier alpha value is -3.13. The van der Waals surface area contributed by atoms with Gasteiger partial charge in [0, 0.05) is 23.6 Å². The summed E-state index contributed by atoms with van der Waals surface area (Å²) in [6.07, 6.45) is 3.92. The molecule has 2 heteroatoms. The van der Waals surface area contributed by atoms with E-state index in [9.17, 15) is 0 Å². The van der Waals surface area contributed by atoms with Crippen molar-refractivity contribution in [2.75, 3.05) is 0 Å². The molecule has 4 aromatic rings. The maximum absolute atomic E-state index is 4.70. The van der Waals surface area contributed by atoms with E-state index in [1.807, 2.05) is 18.5 Å². The van der Waals surface area contributed by atoms with Crippen molar-refractivity contribution in [2.24, 2.45) is 0 Å². The molecule has 1 heterocycles. The zero-order valence-electron chi connectivity index (χ0n) is 16.1. The SMILES string of the molecule is CC(C)(C)c1ccccc1-c1nccn1-c1cccc(-c2ccccc2)c1. The zero-order valence-corrected chi connectivity index (χ0v) is 16.1. The summed E-state index contributed by atoms with van der Waals surface area (Å²) in [5.41, 5.74) is 6.08. The van der Waals surface area contributed by atoms with Crippen LogP contribution >= 0.6 is 0 Å². The molecule has 0 saturated carbocycles. The van der Waals surface area contributed by atoms with Crippen LogP contribution in [0.15, 0.2) is 91.3 Å². The second-order valence-corrected chi connectivity index (χ2v) is 7.83. The van der Waals surface area contributed by atoms with Crippen LogP contribution in [0.2, 0.25) is 0 Å². The highest BCUT2D eigenvalue weighted by Crippen LogP contribution is 2.33. The maximum Gasteiger partial charge on any atom is 0.144 e. The normalized spacial score (nSPS) is 11.5. The molecule has 0 aliphatic carbocycles. The smallest absolute Gasteiger partial charge is 0.144 e. The minimum absolute atomic E-state index is 0.0548. The number of hydrogen-bond acceptors (Lipinski definition) is 1. The molecule has 2 nitrogen and oxygen atoms in total. The van der Waals surface area contributed by atoms with Crippen LogP contribution in [-0.4, -0.2) is 9.55 Å². The van der Waals surface area contributed by atoms with Gasteiger partial charge in [0.1, 0.15) is 5.82 Å². The molecule has 0 atom stereocenters. The van der Waals surface area contributed by atoms with Crippen molar-refractivity contribution in [1.29, 1.82) is 0 Å². The van der Waals surface area contributed by atoms with Gasteiger partial charge in [-0.25, -0.2) is 4.98 Å². The summed E-state index contributed by atoms with van der Waals surface area (Å²) in [6, 6.07) is 27.7. The molecule has 0 amide bonds. The molecule has 3 aromatic carbocycles. The summed E-state index contributed by atoms with van der Waals surface area (Å²) in [4.78, 5) is 4.70. The molecule has 0 saturated heterocycles. The van der Waals surface area contributed by atoms with Crippen LogP contribution in [0, 0.1) is 0 Å². The third-order valence-electron chi connectivity index (χ3n) is 4.85. The third-order valence-corrected chi connectivity index (χ3v) is 4.85. The lowest BCUT2D eigenvalue weighted by molar-refractivity contribution is 0.591. The average molecular weight is 352 g/mol. The first kappa shape index (κ1) is 17.3. The van der Waals surface area contributed by atoms with Crippen LogP contribution < -0.4 is 0 Å². The number of nitrogens with zero attached hydrogens (tertiary/aromatic N) is 2. The van der Waals surface area contributed by atoms with Crippen molar-refractivity contribution < 1.29 is 0 Å². The Labute approximate surface area is 161 Å². The van der Waals surface area contributed by atoms with Crippen molar-refractivity contribution >= 4 is 0 Å². The van der Waals surface area contributed by atoms with Gasteiger partial charge in [0.2, 0.25) is 0 Å². The second-order valence-electron chi connectivity index (χ2n) is 7.83. The van der Waals surface area contributed by atoms with Crippen molar-refractivity contribution in [2.45, 2.75) is 26.2 Å². The van der Waals surface area contributed by atoms with E-state index >= 15 is 0 Å². The fraction of sp³-hybridized carbons (Fsp3) is 0.160. The van der Waals surface area contributed by atoms with E-state index in [2.05, 4.69) is 98.1 Å². The molecule has 134 valence electrons. The highest BCUT2D eigenvalue weighted by atomic mass is 15.1. The molecule has 0 spiro atoms. The standard InChI is InChI=1S/C25H24N2/c1-25(2,3)23-15-8-7-14-22(23)24-26-16-17-27(24)21-13-9-12-20(18-21)19-10-5-4-6-11-19/h4-18H,1-3H3. The molecule has 0 bridgehead atoms. The first-order valence-corrected chi connectivity index (χ1v) is 9.33. The molecule has 4 rings (SSSR count). The molecule has 0 fully saturated rings. The van der Waals surface area contributed by atoms with Gasteiger partial charge in [0.05, 0.1) is 0 Å². The number of rotatable bonds is 3. The van der Waals surface area contributed by atoms with Crippen LogP contribution in [0.25, 0.3) is 28.2 Å². The Morgan fingerprint density at radius 2 is 1.44 bits per heavy atom. The third kappa shape index (κ3) is 3.43. The lowest BCUT2D eigenvalue weighted by Crippen LogP contribution is -2.13. The summed E-state index contributed by atoms with van der Waals surface area (Å²) in [5, 5.41) is 0. The fourth-order valence-electron chi connectivity index (χ4n) is 3.51. The summed E-state index contributed by atoms with van der Waals surface area (Å²) in [7, 11) is 0. The molecule has 27 heavy (non-hydrogen) atoms. The van der Waals surface area contributed by atoms with Crippen LogP contribution in [-0.2, 0) is 5.41 Å². The molecular formula is C25H24N2. The van der Waals surface area contributed by atoms with Gasteiger partial charge >= 0.3 is 0 Å². The van der Waals surface area contributed by atoms with Gasteiger partial charge in [0.25, 0.3) is 0 Å². The number of hydrogen-bond donors (Lipinski definition) is 0. The number of imidazole rings is 1. The van der Waals surface area contributed by atoms with Gasteiger partial charge in [-0.2, -0.15) is 0 Å². The van der Waals surface area contributed by atoms with E-state index in [0.29, 0.717) is 0 Å². The van der Waals surface area contributed by atoms with E-state index in [4.69, 9.17) is 4.98 Å². The lowest BCUT2D eigenvalue weighted by Gasteiger charge is -2.23. The molecular weight excluding hydrogens is 328 g/mol. The van der Waals surface area contributed by atoms with Crippen LogP contribution in [0.1, 0.15) is 26.3 Å². The molecule has 1 aromatic heterocycles. The molecule has 0 unspecified atom stereocenters. The van der Waals surface area contributed by atoms with Crippen molar-refractivity contribution in [1.82, 2.24) is 9.55 Å². The van der Waals surface area contributed by atoms with Gasteiger partial charge in [0.15, 0.2) is 0 Å². The summed E-state index contributed by atoms with van der Waals surface area (Å²) < 4.78 is 2.18. The summed E-state index contributed by atoms with van der Waals surface area (Å²) in [5.74, 6) is 0.978. The lowest BCUT2D eigenvalue weighted by atomic mass is 9.83. The van der Waals surface area contributed by atoms with Crippen LogP contribution in [0.5, 0.6) is 0 Å². The highest BCUT2D eigenvalue weighted by Gasteiger charge is 2.20. The monoisotopic (exact) mass is 352 g/mol. The molecule has 0 aliphatic heterocycles. The van der Waals surface area contributed by atoms with Gasteiger partial charge in [-0.15, -0.1) is 0 Å². The maximum atomic E-state index is 4.70. The van der Waals surface area contributed by atoms with Crippen LogP contribution in [0.4, 0.5) is 0 Å². The second kappa shape index (κ2) is 6.88. The largest absolute Gasteiger partial charge is 0.300 e. The number of aromatic nitrogens is 2. The van der Waals surface area contributed by atoms with Gasteiger partial charge in [-0.05, 0) is 34.2 Å². The number of benzene rings is 3. The Kier molecular flexibility index (Phi) is 4.41. The zero-order chi connectivity index (χ0) is 18.9. The summed E-state index contributed by atoms with van der Waals surface area (Å²) >= 11 is 0. The van der Waals surface area contributed by atoms with Gasteiger partial charge in [-0.3, -0.25) is 4.57 Å². The topological polar surface area (TPSA) is 17.8 Å². The predicted molar refractivity (Wildman–Crippen MR) is 113 cm³/mol.